The normalized spacial score (nSPS) is 21.4. The molecule has 8 nitrogen and oxygen atoms in total. The molecule has 2 aliphatic heterocycles. The van der Waals surface area contributed by atoms with Gasteiger partial charge in [0.2, 0.25) is 5.91 Å². The summed E-state index contributed by atoms with van der Waals surface area (Å²) in [5, 5.41) is 13.0. The van der Waals surface area contributed by atoms with Crippen molar-refractivity contribution in [1.29, 1.82) is 0 Å². The number of carbonyl (C=O) groups is 3. The van der Waals surface area contributed by atoms with Gasteiger partial charge in [-0.1, -0.05) is 36.4 Å². The van der Waals surface area contributed by atoms with Gasteiger partial charge in [-0.25, -0.2) is 0 Å². The maximum Gasteiger partial charge on any atom is 0.289 e. The monoisotopic (exact) mass is 487 g/mol. The second-order valence-corrected chi connectivity index (χ2v) is 9.73. The number of nitrogens with one attached hydrogen (secondary N) is 1. The standard InChI is InChI=1S/C28H29N3O5/c1-28(27(35)29-2)16-31(14-13-24(28)32)26(34)23-12-11-22(36-23)19-8-5-4-7-17(19)18-9-6-10-20-21(18)15-30(3)25(20)33/h4-12,24,32H,13-16H2,1-3H3,(H,29,35). The van der Waals surface area contributed by atoms with Crippen LogP contribution in [0.5, 0.6) is 0 Å². The molecule has 2 N–H and O–H groups in total. The summed E-state index contributed by atoms with van der Waals surface area (Å²) < 4.78 is 6.06. The largest absolute Gasteiger partial charge is 0.451 e. The first-order chi connectivity index (χ1) is 17.2. The van der Waals surface area contributed by atoms with Gasteiger partial charge in [0.05, 0.1) is 11.5 Å². The van der Waals surface area contributed by atoms with Crippen molar-refractivity contribution in [2.24, 2.45) is 5.41 Å². The second-order valence-electron chi connectivity index (χ2n) is 9.73. The minimum absolute atomic E-state index is 0.00520. The molecule has 3 aromatic rings. The zero-order chi connectivity index (χ0) is 25.6. The lowest BCUT2D eigenvalue weighted by Gasteiger charge is -2.42. The lowest BCUT2D eigenvalue weighted by Crippen LogP contribution is -2.58. The quantitative estimate of drug-likeness (QED) is 0.589. The highest BCUT2D eigenvalue weighted by atomic mass is 16.4. The zero-order valence-corrected chi connectivity index (χ0v) is 20.6. The maximum atomic E-state index is 13.3. The molecule has 5 rings (SSSR count). The van der Waals surface area contributed by atoms with Crippen molar-refractivity contribution in [3.63, 3.8) is 0 Å². The number of rotatable bonds is 4. The Morgan fingerprint density at radius 3 is 2.47 bits per heavy atom. The minimum atomic E-state index is -1.09. The third-order valence-corrected chi connectivity index (χ3v) is 7.41. The molecule has 0 bridgehead atoms. The fourth-order valence-corrected chi connectivity index (χ4v) is 5.27. The molecule has 2 aromatic carbocycles. The molecule has 36 heavy (non-hydrogen) atoms. The topological polar surface area (TPSA) is 103 Å². The van der Waals surface area contributed by atoms with Gasteiger partial charge in [-0.15, -0.1) is 0 Å². The molecule has 0 aliphatic carbocycles. The number of carbonyl (C=O) groups excluding carboxylic acids is 3. The number of aliphatic hydroxyl groups is 1. The van der Waals surface area contributed by atoms with Gasteiger partial charge in [-0.2, -0.15) is 0 Å². The molecule has 0 radical (unpaired) electrons. The van der Waals surface area contributed by atoms with Gasteiger partial charge in [0.15, 0.2) is 5.76 Å². The average molecular weight is 488 g/mol. The van der Waals surface area contributed by atoms with Crippen LogP contribution in [0.15, 0.2) is 59.0 Å². The number of likely N-dealkylation sites (tertiary alicyclic amines) is 1. The van der Waals surface area contributed by atoms with Gasteiger partial charge in [-0.05, 0) is 48.2 Å². The van der Waals surface area contributed by atoms with Crippen molar-refractivity contribution in [2.45, 2.75) is 26.0 Å². The molecule has 1 aromatic heterocycles. The Bertz CT molecular complexity index is 1360. The summed E-state index contributed by atoms with van der Waals surface area (Å²) in [6.45, 7) is 2.62. The Hall–Kier alpha value is -3.91. The van der Waals surface area contributed by atoms with E-state index in [0.717, 1.165) is 22.3 Å². The first-order valence-corrected chi connectivity index (χ1v) is 12.0. The van der Waals surface area contributed by atoms with Crippen LogP contribution in [-0.2, 0) is 11.3 Å². The van der Waals surface area contributed by atoms with Crippen LogP contribution >= 0.6 is 0 Å². The van der Waals surface area contributed by atoms with Gasteiger partial charge < -0.3 is 24.6 Å². The van der Waals surface area contributed by atoms with E-state index in [2.05, 4.69) is 5.32 Å². The summed E-state index contributed by atoms with van der Waals surface area (Å²) in [5.41, 5.74) is 3.27. The highest BCUT2D eigenvalue weighted by Gasteiger charge is 2.46. The van der Waals surface area contributed by atoms with Gasteiger partial charge in [0.1, 0.15) is 5.76 Å². The van der Waals surface area contributed by atoms with Crippen molar-refractivity contribution in [3.8, 4) is 22.5 Å². The summed E-state index contributed by atoms with van der Waals surface area (Å²) in [6, 6.07) is 16.9. The third kappa shape index (κ3) is 3.78. The summed E-state index contributed by atoms with van der Waals surface area (Å²) in [5.74, 6) is 0.0827. The number of benzene rings is 2. The van der Waals surface area contributed by atoms with Crippen molar-refractivity contribution in [2.75, 3.05) is 27.2 Å². The smallest absolute Gasteiger partial charge is 0.289 e. The Kier molecular flexibility index (Phi) is 5.92. The second kappa shape index (κ2) is 8.95. The van der Waals surface area contributed by atoms with Gasteiger partial charge in [0.25, 0.3) is 11.8 Å². The first-order valence-electron chi connectivity index (χ1n) is 12.0. The molecule has 186 valence electrons. The Morgan fingerprint density at radius 2 is 1.72 bits per heavy atom. The highest BCUT2D eigenvalue weighted by Crippen LogP contribution is 2.38. The number of aliphatic hydroxyl groups excluding tert-OH is 1. The summed E-state index contributed by atoms with van der Waals surface area (Å²) in [7, 11) is 3.31. The van der Waals surface area contributed by atoms with Crippen LogP contribution in [0.1, 0.15) is 39.8 Å². The van der Waals surface area contributed by atoms with Crippen molar-refractivity contribution in [1.82, 2.24) is 15.1 Å². The molecular formula is C28H29N3O5. The number of amides is 3. The maximum absolute atomic E-state index is 13.3. The van der Waals surface area contributed by atoms with E-state index in [1.54, 1.807) is 35.9 Å². The molecule has 0 spiro atoms. The van der Waals surface area contributed by atoms with Gasteiger partial charge in [0, 0.05) is 44.9 Å². The predicted molar refractivity (Wildman–Crippen MR) is 134 cm³/mol. The van der Waals surface area contributed by atoms with Crippen LogP contribution in [0.25, 0.3) is 22.5 Å². The molecular weight excluding hydrogens is 458 g/mol. The molecule has 2 aliphatic rings. The Balaban J connectivity index is 1.46. The summed E-state index contributed by atoms with van der Waals surface area (Å²) >= 11 is 0. The summed E-state index contributed by atoms with van der Waals surface area (Å²) in [6.07, 6.45) is -0.530. The highest BCUT2D eigenvalue weighted by molar-refractivity contribution is 6.01. The van der Waals surface area contributed by atoms with Crippen LogP contribution in [0.2, 0.25) is 0 Å². The van der Waals surface area contributed by atoms with Gasteiger partial charge >= 0.3 is 0 Å². The van der Waals surface area contributed by atoms with E-state index in [0.29, 0.717) is 30.8 Å². The first kappa shape index (κ1) is 23.8. The predicted octanol–water partition coefficient (Wildman–Crippen LogP) is 3.16. The average Bonchev–Trinajstić information content (AvgIpc) is 3.49. The van der Waals surface area contributed by atoms with E-state index < -0.39 is 11.5 Å². The molecule has 1 saturated heterocycles. The Morgan fingerprint density at radius 1 is 1.03 bits per heavy atom. The molecule has 2 atom stereocenters. The van der Waals surface area contributed by atoms with E-state index in [1.807, 2.05) is 42.5 Å². The van der Waals surface area contributed by atoms with E-state index in [4.69, 9.17) is 4.42 Å². The number of hydrogen-bond donors (Lipinski definition) is 2. The molecule has 3 heterocycles. The molecule has 2 unspecified atom stereocenters. The van der Waals surface area contributed by atoms with E-state index in [1.165, 1.54) is 7.05 Å². The van der Waals surface area contributed by atoms with Crippen LogP contribution in [-0.4, -0.2) is 65.9 Å². The van der Waals surface area contributed by atoms with Crippen LogP contribution in [0.3, 0.4) is 0 Å². The third-order valence-electron chi connectivity index (χ3n) is 7.41. The lowest BCUT2D eigenvalue weighted by atomic mass is 9.78. The number of hydrogen-bond acceptors (Lipinski definition) is 5. The number of nitrogens with zero attached hydrogens (tertiary/aromatic N) is 2. The number of furan rings is 1. The van der Waals surface area contributed by atoms with Crippen molar-refractivity contribution in [3.05, 3.63) is 71.5 Å². The fraction of sp³-hybridized carbons (Fsp3) is 0.321. The number of fused-ring (bicyclic) bond motifs is 1. The van der Waals surface area contributed by atoms with Crippen LogP contribution in [0.4, 0.5) is 0 Å². The van der Waals surface area contributed by atoms with E-state index in [-0.39, 0.29) is 30.0 Å². The van der Waals surface area contributed by atoms with Crippen molar-refractivity contribution >= 4 is 17.7 Å². The van der Waals surface area contributed by atoms with Gasteiger partial charge in [-0.3, -0.25) is 14.4 Å². The zero-order valence-electron chi connectivity index (χ0n) is 20.6. The molecule has 1 fully saturated rings. The van der Waals surface area contributed by atoms with E-state index in [9.17, 15) is 19.5 Å². The lowest BCUT2D eigenvalue weighted by molar-refractivity contribution is -0.140. The Labute approximate surface area is 209 Å². The molecule has 3 amide bonds. The molecule has 0 saturated carbocycles. The molecule has 8 heteroatoms. The van der Waals surface area contributed by atoms with E-state index >= 15 is 0 Å². The fourth-order valence-electron chi connectivity index (χ4n) is 5.27. The summed E-state index contributed by atoms with van der Waals surface area (Å²) in [4.78, 5) is 41.5. The van der Waals surface area contributed by atoms with Crippen LogP contribution < -0.4 is 5.32 Å². The van der Waals surface area contributed by atoms with Crippen LogP contribution in [0, 0.1) is 5.41 Å². The minimum Gasteiger partial charge on any atom is -0.451 e. The van der Waals surface area contributed by atoms with Crippen molar-refractivity contribution < 1.29 is 23.9 Å². The SMILES string of the molecule is CNC(=O)C1(C)CN(C(=O)c2ccc(-c3ccccc3-c3cccc4c3CN(C)C4=O)o2)CCC1O. The number of piperidine rings is 1.